The van der Waals surface area contributed by atoms with Gasteiger partial charge in [0.05, 0.1) is 17.3 Å². The summed E-state index contributed by atoms with van der Waals surface area (Å²) in [4.78, 5) is 21.5. The second-order valence-electron chi connectivity index (χ2n) is 6.94. The predicted octanol–water partition coefficient (Wildman–Crippen LogP) is 0.266. The van der Waals surface area contributed by atoms with E-state index in [-0.39, 0.29) is 5.91 Å². The van der Waals surface area contributed by atoms with Crippen molar-refractivity contribution in [1.29, 1.82) is 0 Å². The monoisotopic (exact) mass is 391 g/mol. The average molecular weight is 392 g/mol. The Kier molecular flexibility index (Phi) is 7.23. The summed E-state index contributed by atoms with van der Waals surface area (Å²) in [5.74, 6) is 1.52. The number of hydrogen-bond acceptors (Lipinski definition) is 4. The Labute approximate surface area is 163 Å². The molecule has 1 amide bonds. The molecule has 0 aromatic heterocycles. The van der Waals surface area contributed by atoms with Gasteiger partial charge in [-0.15, -0.1) is 0 Å². The number of carbonyl (C=O) groups is 1. The highest BCUT2D eigenvalue weighted by atomic mass is 32.2. The van der Waals surface area contributed by atoms with Crippen molar-refractivity contribution in [1.82, 2.24) is 20.4 Å². The Balaban J connectivity index is 1.37. The summed E-state index contributed by atoms with van der Waals surface area (Å²) in [6.45, 7) is 4.43. The normalized spacial score (nSPS) is 19.6. The number of nitrogens with zero attached hydrogens (tertiary/aromatic N) is 3. The molecular formula is C19H29N5O2S. The molecule has 8 heteroatoms. The summed E-state index contributed by atoms with van der Waals surface area (Å²) in [6.07, 6.45) is 2.24. The van der Waals surface area contributed by atoms with Crippen LogP contribution in [0.4, 0.5) is 0 Å². The van der Waals surface area contributed by atoms with Gasteiger partial charge in [0.1, 0.15) is 0 Å². The highest BCUT2D eigenvalue weighted by molar-refractivity contribution is 7.85. The maximum absolute atomic E-state index is 12.3. The van der Waals surface area contributed by atoms with E-state index in [0.717, 1.165) is 49.9 Å². The molecule has 1 aliphatic heterocycles. The van der Waals surface area contributed by atoms with Crippen LogP contribution in [0.5, 0.6) is 0 Å². The van der Waals surface area contributed by atoms with Gasteiger partial charge in [0.25, 0.3) is 0 Å². The highest BCUT2D eigenvalue weighted by Gasteiger charge is 2.25. The molecule has 0 spiro atoms. The van der Waals surface area contributed by atoms with Crippen LogP contribution in [-0.2, 0) is 15.6 Å². The fourth-order valence-corrected chi connectivity index (χ4v) is 4.08. The van der Waals surface area contributed by atoms with Crippen LogP contribution in [0.2, 0.25) is 0 Å². The highest BCUT2D eigenvalue weighted by Crippen LogP contribution is 2.18. The Bertz CT molecular complexity index is 670. The second kappa shape index (κ2) is 9.85. The van der Waals surface area contributed by atoms with Crippen molar-refractivity contribution >= 4 is 22.7 Å². The summed E-state index contributed by atoms with van der Waals surface area (Å²) >= 11 is 0. The van der Waals surface area contributed by atoms with Crippen LogP contribution >= 0.6 is 0 Å². The quantitative estimate of drug-likeness (QED) is 0.515. The van der Waals surface area contributed by atoms with Crippen LogP contribution in [0, 0.1) is 0 Å². The molecule has 1 unspecified atom stereocenters. The number of carbonyl (C=O) groups excluding carboxylic acids is 1. The molecule has 1 aliphatic carbocycles. The van der Waals surface area contributed by atoms with Crippen LogP contribution in [0.1, 0.15) is 12.8 Å². The van der Waals surface area contributed by atoms with Gasteiger partial charge in [0.2, 0.25) is 5.91 Å². The zero-order valence-corrected chi connectivity index (χ0v) is 16.7. The zero-order valence-electron chi connectivity index (χ0n) is 15.9. The molecule has 0 bridgehead atoms. The zero-order chi connectivity index (χ0) is 19.1. The Morgan fingerprint density at radius 1 is 1.19 bits per heavy atom. The molecule has 27 heavy (non-hydrogen) atoms. The number of guanidine groups is 1. The number of amides is 1. The van der Waals surface area contributed by atoms with E-state index in [9.17, 15) is 9.00 Å². The summed E-state index contributed by atoms with van der Waals surface area (Å²) in [5, 5.41) is 6.35. The van der Waals surface area contributed by atoms with Crippen molar-refractivity contribution in [2.24, 2.45) is 4.99 Å². The molecule has 1 aromatic rings. The smallest absolute Gasteiger partial charge is 0.234 e. The van der Waals surface area contributed by atoms with E-state index < -0.39 is 10.8 Å². The van der Waals surface area contributed by atoms with E-state index in [1.807, 2.05) is 30.3 Å². The Hall–Kier alpha value is -1.93. The lowest BCUT2D eigenvalue weighted by Crippen LogP contribution is -2.54. The van der Waals surface area contributed by atoms with E-state index >= 15 is 0 Å². The Morgan fingerprint density at radius 2 is 1.89 bits per heavy atom. The van der Waals surface area contributed by atoms with Crippen molar-refractivity contribution < 1.29 is 9.00 Å². The molecule has 1 aromatic carbocycles. The molecule has 2 fully saturated rings. The van der Waals surface area contributed by atoms with Crippen molar-refractivity contribution in [3.05, 3.63) is 30.3 Å². The van der Waals surface area contributed by atoms with Crippen molar-refractivity contribution in [3.8, 4) is 0 Å². The van der Waals surface area contributed by atoms with Gasteiger partial charge >= 0.3 is 0 Å². The first-order valence-electron chi connectivity index (χ1n) is 9.56. The van der Waals surface area contributed by atoms with Crippen LogP contribution in [0.3, 0.4) is 0 Å². The van der Waals surface area contributed by atoms with Gasteiger partial charge in [0.15, 0.2) is 5.96 Å². The van der Waals surface area contributed by atoms with E-state index in [4.69, 9.17) is 0 Å². The van der Waals surface area contributed by atoms with Gasteiger partial charge in [-0.1, -0.05) is 18.2 Å². The number of rotatable bonds is 7. The van der Waals surface area contributed by atoms with Gasteiger partial charge < -0.3 is 15.5 Å². The molecule has 1 saturated carbocycles. The molecule has 2 aliphatic rings. The van der Waals surface area contributed by atoms with E-state index in [1.165, 1.54) is 0 Å². The molecule has 1 heterocycles. The van der Waals surface area contributed by atoms with Crippen LogP contribution in [0.25, 0.3) is 0 Å². The first-order chi connectivity index (χ1) is 13.2. The predicted molar refractivity (Wildman–Crippen MR) is 108 cm³/mol. The van der Waals surface area contributed by atoms with Crippen LogP contribution < -0.4 is 10.6 Å². The van der Waals surface area contributed by atoms with Crippen molar-refractivity contribution in [2.45, 2.75) is 23.8 Å². The van der Waals surface area contributed by atoms with Gasteiger partial charge in [-0.3, -0.25) is 18.9 Å². The van der Waals surface area contributed by atoms with E-state index in [2.05, 4.69) is 25.4 Å². The topological polar surface area (TPSA) is 77.0 Å². The second-order valence-corrected chi connectivity index (χ2v) is 8.51. The fraction of sp³-hybridized carbons (Fsp3) is 0.579. The van der Waals surface area contributed by atoms with Crippen LogP contribution in [-0.4, -0.2) is 84.0 Å². The Morgan fingerprint density at radius 3 is 2.52 bits per heavy atom. The fourth-order valence-electron chi connectivity index (χ4n) is 3.10. The summed E-state index contributed by atoms with van der Waals surface area (Å²) < 4.78 is 12.3. The maximum Gasteiger partial charge on any atom is 0.234 e. The van der Waals surface area contributed by atoms with Crippen molar-refractivity contribution in [3.63, 3.8) is 0 Å². The lowest BCUT2D eigenvalue weighted by Gasteiger charge is -2.36. The summed E-state index contributed by atoms with van der Waals surface area (Å²) in [6, 6.07) is 9.94. The molecule has 148 valence electrons. The molecule has 0 radical (unpaired) electrons. The number of hydrogen-bond donors (Lipinski definition) is 2. The van der Waals surface area contributed by atoms with Gasteiger partial charge in [-0.2, -0.15) is 0 Å². The largest absolute Gasteiger partial charge is 0.355 e. The summed E-state index contributed by atoms with van der Waals surface area (Å²) in [7, 11) is 0.762. The first kappa shape index (κ1) is 19.8. The minimum Gasteiger partial charge on any atom is -0.355 e. The van der Waals surface area contributed by atoms with Gasteiger partial charge in [0, 0.05) is 56.5 Å². The number of benzene rings is 1. The third-order valence-electron chi connectivity index (χ3n) is 4.77. The lowest BCUT2D eigenvalue weighted by atomic mass is 10.3. The molecule has 2 N–H and O–H groups in total. The third-order valence-corrected chi connectivity index (χ3v) is 6.14. The maximum atomic E-state index is 12.3. The molecule has 1 atom stereocenters. The minimum atomic E-state index is -1.01. The number of piperazine rings is 1. The average Bonchev–Trinajstić information content (AvgIpc) is 3.50. The number of aliphatic imine (C=N–C) groups is 1. The van der Waals surface area contributed by atoms with Gasteiger partial charge in [-0.25, -0.2) is 0 Å². The standard InChI is InChI=1S/C19H29N5O2S/c1-20-19(21-9-14-27(26)17-5-3-2-4-6-17)24-12-10-23(11-13-24)15-18(25)22-16-7-8-16/h2-6,16H,7-15H2,1H3,(H,20,21)(H,22,25). The van der Waals surface area contributed by atoms with E-state index in [0.29, 0.717) is 24.9 Å². The molecule has 7 nitrogen and oxygen atoms in total. The molecule has 1 saturated heterocycles. The SMILES string of the molecule is CN=C(NCCS(=O)c1ccccc1)N1CCN(CC(=O)NC2CC2)CC1. The van der Waals surface area contributed by atoms with Gasteiger partial charge in [-0.05, 0) is 25.0 Å². The van der Waals surface area contributed by atoms with Crippen LogP contribution in [0.15, 0.2) is 40.2 Å². The summed E-state index contributed by atoms with van der Waals surface area (Å²) in [5.41, 5.74) is 0. The number of nitrogens with one attached hydrogen (secondary N) is 2. The molecular weight excluding hydrogens is 362 g/mol. The molecule has 3 rings (SSSR count). The van der Waals surface area contributed by atoms with E-state index in [1.54, 1.807) is 7.05 Å². The first-order valence-corrected chi connectivity index (χ1v) is 10.9. The minimum absolute atomic E-state index is 0.136. The third kappa shape index (κ3) is 6.32. The van der Waals surface area contributed by atoms with Crippen molar-refractivity contribution in [2.75, 3.05) is 52.1 Å². The lowest BCUT2D eigenvalue weighted by molar-refractivity contribution is -0.122.